The first kappa shape index (κ1) is 10.6. The first-order chi connectivity index (χ1) is 2.77. The standard InChI is InChI=1S/C5H12N.Ga.H2/c1-4-5-6(2)3;;/h1,4-5H2,2-3H3;;1H. The zero-order valence-corrected chi connectivity index (χ0v) is 7.57. The van der Waals surface area contributed by atoms with Crippen LogP contribution in [0, 0.1) is 6.92 Å². The van der Waals surface area contributed by atoms with Crippen LogP contribution in [-0.4, -0.2) is 45.3 Å². The van der Waals surface area contributed by atoms with Gasteiger partial charge >= 0.3 is 0 Å². The minimum Gasteiger partial charge on any atom is -0.309 e. The molecule has 0 aliphatic heterocycles. The molecule has 0 aromatic carbocycles. The predicted molar refractivity (Wildman–Crippen MR) is 36.4 cm³/mol. The molecule has 0 spiro atoms. The third-order valence-electron chi connectivity index (χ3n) is 0.605. The first-order valence-corrected chi connectivity index (χ1v) is 2.21. The Morgan fingerprint density at radius 2 is 2.00 bits per heavy atom. The fourth-order valence-corrected chi connectivity index (χ4v) is 0.316. The van der Waals surface area contributed by atoms with Crippen molar-refractivity contribution in [2.45, 2.75) is 6.42 Å². The van der Waals surface area contributed by atoms with E-state index < -0.39 is 0 Å². The van der Waals surface area contributed by atoms with E-state index in [1.807, 2.05) is 14.1 Å². The molecule has 2 heteroatoms. The van der Waals surface area contributed by atoms with Gasteiger partial charge in [-0.1, -0.05) is 6.92 Å². The summed E-state index contributed by atoms with van der Waals surface area (Å²) in [5.74, 6) is 0. The van der Waals surface area contributed by atoms with Crippen LogP contribution in [0.1, 0.15) is 7.85 Å². The Kier molecular flexibility index (Phi) is 9.95. The van der Waals surface area contributed by atoms with E-state index >= 15 is 0 Å². The topological polar surface area (TPSA) is 3.24 Å². The van der Waals surface area contributed by atoms with Crippen molar-refractivity contribution in [3.05, 3.63) is 6.92 Å². The summed E-state index contributed by atoms with van der Waals surface area (Å²) in [4.78, 5) is 2.12. The second-order valence-electron chi connectivity index (χ2n) is 1.66. The molecule has 42 valence electrons. The summed E-state index contributed by atoms with van der Waals surface area (Å²) in [6.45, 7) is 4.78. The number of hydrogen-bond acceptors (Lipinski definition) is 1. The summed E-state index contributed by atoms with van der Waals surface area (Å²) in [6, 6.07) is 0. The monoisotopic (exact) mass is 157 g/mol. The average Bonchev–Trinajstić information content (AvgIpc) is 1.35. The molecule has 0 fully saturated rings. The summed E-state index contributed by atoms with van der Waals surface area (Å²) < 4.78 is 0. The molecular formula is C5H14GaN. The quantitative estimate of drug-likeness (QED) is 0.533. The Morgan fingerprint density at radius 1 is 1.57 bits per heavy atom. The molecule has 0 saturated carbocycles. The number of rotatable bonds is 2. The average molecular weight is 158 g/mol. The van der Waals surface area contributed by atoms with Gasteiger partial charge in [0.1, 0.15) is 0 Å². The third kappa shape index (κ3) is 10.8. The van der Waals surface area contributed by atoms with E-state index in [0.717, 1.165) is 13.0 Å². The fourth-order valence-electron chi connectivity index (χ4n) is 0.316. The van der Waals surface area contributed by atoms with Crippen LogP contribution in [0.2, 0.25) is 0 Å². The molecule has 0 saturated heterocycles. The van der Waals surface area contributed by atoms with E-state index in [2.05, 4.69) is 11.8 Å². The van der Waals surface area contributed by atoms with Gasteiger partial charge in [0.2, 0.25) is 0 Å². The third-order valence-corrected chi connectivity index (χ3v) is 0.605. The van der Waals surface area contributed by atoms with Crippen molar-refractivity contribution in [2.75, 3.05) is 20.6 Å². The molecule has 0 bridgehead atoms. The second kappa shape index (κ2) is 6.60. The summed E-state index contributed by atoms with van der Waals surface area (Å²) in [7, 11) is 4.09. The van der Waals surface area contributed by atoms with E-state index in [4.69, 9.17) is 0 Å². The van der Waals surface area contributed by atoms with E-state index in [9.17, 15) is 0 Å². The fraction of sp³-hybridized carbons (Fsp3) is 0.800. The van der Waals surface area contributed by atoms with Gasteiger partial charge < -0.3 is 4.90 Å². The maximum Gasteiger partial charge on any atom is 0 e. The van der Waals surface area contributed by atoms with E-state index in [-0.39, 0.29) is 21.2 Å². The summed E-state index contributed by atoms with van der Waals surface area (Å²) in [5, 5.41) is 0. The van der Waals surface area contributed by atoms with Gasteiger partial charge in [-0.2, -0.15) is 0 Å². The van der Waals surface area contributed by atoms with Crippen molar-refractivity contribution >= 4 is 19.8 Å². The summed E-state index contributed by atoms with van der Waals surface area (Å²) >= 11 is 0. The first-order valence-electron chi connectivity index (χ1n) is 2.21. The van der Waals surface area contributed by atoms with E-state index in [1.165, 1.54) is 0 Å². The molecule has 7 heavy (non-hydrogen) atoms. The maximum absolute atomic E-state index is 3.68. The minimum absolute atomic E-state index is 0. The van der Waals surface area contributed by atoms with Gasteiger partial charge in [-0.3, -0.25) is 0 Å². The van der Waals surface area contributed by atoms with Gasteiger partial charge in [-0.15, -0.1) is 0 Å². The van der Waals surface area contributed by atoms with Crippen LogP contribution < -0.4 is 0 Å². The van der Waals surface area contributed by atoms with Crippen LogP contribution in [0.15, 0.2) is 0 Å². The van der Waals surface area contributed by atoms with Gasteiger partial charge in [0, 0.05) is 21.2 Å². The molecule has 0 aliphatic carbocycles. The predicted octanol–water partition coefficient (Wildman–Crippen LogP) is 0.637. The zero-order chi connectivity index (χ0) is 4.99. The van der Waals surface area contributed by atoms with Crippen LogP contribution >= 0.6 is 0 Å². The van der Waals surface area contributed by atoms with Gasteiger partial charge in [-0.25, -0.2) is 0 Å². The Balaban J connectivity index is -0.000000125. The maximum atomic E-state index is 3.68. The smallest absolute Gasteiger partial charge is 0 e. The van der Waals surface area contributed by atoms with Gasteiger partial charge in [0.15, 0.2) is 0 Å². The van der Waals surface area contributed by atoms with Crippen molar-refractivity contribution in [3.8, 4) is 0 Å². The molecule has 0 aliphatic rings. The molecule has 4 radical (unpaired) electrons. The van der Waals surface area contributed by atoms with Crippen LogP contribution in [0.5, 0.6) is 0 Å². The Labute approximate surface area is 60.6 Å². The minimum atomic E-state index is 0. The molecule has 0 heterocycles. The molecular weight excluding hydrogens is 144 g/mol. The van der Waals surface area contributed by atoms with Crippen molar-refractivity contribution < 1.29 is 1.43 Å². The molecule has 0 rings (SSSR count). The van der Waals surface area contributed by atoms with E-state index in [1.54, 1.807) is 0 Å². The Bertz CT molecular complexity index is 33.6. The largest absolute Gasteiger partial charge is 0.309 e. The Hall–Kier alpha value is 0.596. The van der Waals surface area contributed by atoms with Crippen LogP contribution in [0.3, 0.4) is 0 Å². The van der Waals surface area contributed by atoms with Crippen LogP contribution in [0.4, 0.5) is 0 Å². The summed E-state index contributed by atoms with van der Waals surface area (Å²) in [5.41, 5.74) is 0. The van der Waals surface area contributed by atoms with Crippen molar-refractivity contribution in [1.82, 2.24) is 4.90 Å². The molecule has 0 unspecified atom stereocenters. The molecule has 1 nitrogen and oxygen atoms in total. The van der Waals surface area contributed by atoms with Crippen molar-refractivity contribution in [2.24, 2.45) is 0 Å². The molecule has 0 aromatic heterocycles. The van der Waals surface area contributed by atoms with Crippen molar-refractivity contribution in [1.29, 1.82) is 0 Å². The normalized spacial score (nSPS) is 8.57. The molecule has 0 N–H and O–H groups in total. The van der Waals surface area contributed by atoms with E-state index in [0.29, 0.717) is 0 Å². The van der Waals surface area contributed by atoms with Gasteiger partial charge in [-0.05, 0) is 27.1 Å². The van der Waals surface area contributed by atoms with Crippen LogP contribution in [-0.2, 0) is 0 Å². The SMILES string of the molecule is [CH2]CCN(C)C.[Ga].[HH]. The molecule has 0 amide bonds. The summed E-state index contributed by atoms with van der Waals surface area (Å²) in [6.07, 6.45) is 1.01. The number of hydrogen-bond donors (Lipinski definition) is 0. The van der Waals surface area contributed by atoms with Crippen molar-refractivity contribution in [3.63, 3.8) is 0 Å². The molecule has 0 aromatic rings. The zero-order valence-electron chi connectivity index (χ0n) is 5.15. The second-order valence-corrected chi connectivity index (χ2v) is 1.66. The molecule has 0 atom stereocenters. The van der Waals surface area contributed by atoms with Gasteiger partial charge in [0.25, 0.3) is 0 Å². The van der Waals surface area contributed by atoms with Crippen LogP contribution in [0.25, 0.3) is 0 Å². The Morgan fingerprint density at radius 3 is 2.00 bits per heavy atom. The van der Waals surface area contributed by atoms with Gasteiger partial charge in [0.05, 0.1) is 0 Å². The number of nitrogens with zero attached hydrogens (tertiary/aromatic N) is 1.